The summed E-state index contributed by atoms with van der Waals surface area (Å²) in [6.45, 7) is 2.02. The molecule has 23 heavy (non-hydrogen) atoms. The number of hydrogen-bond donors (Lipinski definition) is 2. The van der Waals surface area contributed by atoms with Gasteiger partial charge < -0.3 is 10.1 Å². The van der Waals surface area contributed by atoms with E-state index in [9.17, 15) is 9.59 Å². The molecule has 6 heteroatoms. The number of hydrogen-bond acceptors (Lipinski definition) is 3. The van der Waals surface area contributed by atoms with Gasteiger partial charge in [0.1, 0.15) is 17.9 Å². The van der Waals surface area contributed by atoms with Gasteiger partial charge in [0.15, 0.2) is 0 Å². The van der Waals surface area contributed by atoms with Gasteiger partial charge in [0.2, 0.25) is 0 Å². The van der Waals surface area contributed by atoms with E-state index >= 15 is 0 Å². The number of ether oxygens (including phenoxy) is 1. The van der Waals surface area contributed by atoms with Crippen molar-refractivity contribution in [2.75, 3.05) is 0 Å². The van der Waals surface area contributed by atoms with Crippen LogP contribution < -0.4 is 15.4 Å². The highest BCUT2D eigenvalue weighted by molar-refractivity contribution is 6.30. The Morgan fingerprint density at radius 2 is 1.91 bits per heavy atom. The molecule has 1 heterocycles. The first-order valence-electron chi connectivity index (χ1n) is 7.09. The van der Waals surface area contributed by atoms with Crippen molar-refractivity contribution in [3.8, 4) is 5.75 Å². The summed E-state index contributed by atoms with van der Waals surface area (Å²) in [7, 11) is 0. The van der Waals surface area contributed by atoms with Crippen molar-refractivity contribution < 1.29 is 14.3 Å². The minimum Gasteiger partial charge on any atom is -0.489 e. The summed E-state index contributed by atoms with van der Waals surface area (Å²) in [5.74, 6) is 0.229. The van der Waals surface area contributed by atoms with Crippen molar-refractivity contribution >= 4 is 23.5 Å². The van der Waals surface area contributed by atoms with Gasteiger partial charge in [0.05, 0.1) is 0 Å². The number of carbonyl (C=O) groups is 2. The van der Waals surface area contributed by atoms with Gasteiger partial charge in [-0.2, -0.15) is 0 Å². The highest BCUT2D eigenvalue weighted by Crippen LogP contribution is 2.27. The predicted octanol–water partition coefficient (Wildman–Crippen LogP) is 2.97. The van der Waals surface area contributed by atoms with Crippen LogP contribution in [0.25, 0.3) is 0 Å². The fraction of sp³-hybridized carbons (Fsp3) is 0.176. The molecule has 1 fully saturated rings. The molecule has 0 aliphatic carbocycles. The lowest BCUT2D eigenvalue weighted by Crippen LogP contribution is -2.40. The number of carbonyl (C=O) groups excluding carboxylic acids is 2. The summed E-state index contributed by atoms with van der Waals surface area (Å²) in [4.78, 5) is 23.4. The van der Waals surface area contributed by atoms with E-state index in [1.54, 1.807) is 37.3 Å². The minimum absolute atomic E-state index is 0.360. The number of amides is 3. The molecular formula is C17H15ClN2O3. The zero-order valence-corrected chi connectivity index (χ0v) is 13.2. The lowest BCUT2D eigenvalue weighted by atomic mass is 9.92. The van der Waals surface area contributed by atoms with Crippen LogP contribution in [0.4, 0.5) is 4.79 Å². The molecular weight excluding hydrogens is 316 g/mol. The van der Waals surface area contributed by atoms with Crippen LogP contribution >= 0.6 is 11.6 Å². The number of nitrogens with one attached hydrogen (secondary N) is 2. The summed E-state index contributed by atoms with van der Waals surface area (Å²) in [5.41, 5.74) is 0.512. The van der Waals surface area contributed by atoms with E-state index in [2.05, 4.69) is 10.6 Å². The summed E-state index contributed by atoms with van der Waals surface area (Å²) in [6.07, 6.45) is 0. The second kappa shape index (κ2) is 5.93. The predicted molar refractivity (Wildman–Crippen MR) is 86.3 cm³/mol. The minimum atomic E-state index is -1.09. The van der Waals surface area contributed by atoms with Crippen molar-refractivity contribution in [3.63, 3.8) is 0 Å². The van der Waals surface area contributed by atoms with Crippen LogP contribution in [0.15, 0.2) is 48.5 Å². The maximum absolute atomic E-state index is 12.0. The zero-order valence-electron chi connectivity index (χ0n) is 12.4. The van der Waals surface area contributed by atoms with E-state index in [0.29, 0.717) is 22.9 Å². The normalized spacial score (nSPS) is 20.1. The van der Waals surface area contributed by atoms with E-state index < -0.39 is 11.6 Å². The molecule has 3 amide bonds. The standard InChI is InChI=1S/C17H15ClN2O3/c1-17(15(21)19-16(22)20-17)12-5-3-7-14(9-12)23-10-11-4-2-6-13(18)8-11/h2-9H,10H2,1H3,(H2,19,20,21,22)/t17-/m0/s1. The Bertz CT molecular complexity index is 778. The van der Waals surface area contributed by atoms with Crippen molar-refractivity contribution in [1.29, 1.82) is 0 Å². The van der Waals surface area contributed by atoms with E-state index in [-0.39, 0.29) is 5.91 Å². The zero-order chi connectivity index (χ0) is 16.4. The molecule has 2 aromatic carbocycles. The number of halogens is 1. The molecule has 0 saturated carbocycles. The molecule has 0 unspecified atom stereocenters. The highest BCUT2D eigenvalue weighted by atomic mass is 35.5. The molecule has 0 bridgehead atoms. The molecule has 0 spiro atoms. The summed E-state index contributed by atoms with van der Waals surface area (Å²) < 4.78 is 5.75. The van der Waals surface area contributed by atoms with Gasteiger partial charge in [-0.1, -0.05) is 35.9 Å². The molecule has 118 valence electrons. The number of imide groups is 1. The van der Waals surface area contributed by atoms with Crippen LogP contribution in [0.3, 0.4) is 0 Å². The second-order valence-electron chi connectivity index (χ2n) is 5.48. The fourth-order valence-electron chi connectivity index (χ4n) is 2.44. The average molecular weight is 331 g/mol. The summed E-state index contributed by atoms with van der Waals surface area (Å²) >= 11 is 5.95. The molecule has 1 aliphatic heterocycles. The summed E-state index contributed by atoms with van der Waals surface area (Å²) in [5, 5.41) is 5.53. The molecule has 5 nitrogen and oxygen atoms in total. The quantitative estimate of drug-likeness (QED) is 0.847. The van der Waals surface area contributed by atoms with Crippen molar-refractivity contribution in [3.05, 3.63) is 64.7 Å². The first-order chi connectivity index (χ1) is 11.0. The Morgan fingerprint density at radius 3 is 2.61 bits per heavy atom. The first-order valence-corrected chi connectivity index (χ1v) is 7.46. The molecule has 2 aromatic rings. The Hall–Kier alpha value is -2.53. The fourth-order valence-corrected chi connectivity index (χ4v) is 2.65. The Morgan fingerprint density at radius 1 is 1.13 bits per heavy atom. The van der Waals surface area contributed by atoms with Gasteiger partial charge in [-0.15, -0.1) is 0 Å². The summed E-state index contributed by atoms with van der Waals surface area (Å²) in [6, 6.07) is 14.0. The SMILES string of the molecule is C[C@@]1(c2cccc(OCc3cccc(Cl)c3)c2)NC(=O)NC1=O. The molecule has 0 aromatic heterocycles. The van der Waals surface area contributed by atoms with Gasteiger partial charge >= 0.3 is 6.03 Å². The molecule has 1 atom stereocenters. The molecule has 3 rings (SSSR count). The Labute approximate surface area is 138 Å². The third-order valence-corrected chi connectivity index (χ3v) is 3.99. The van der Waals surface area contributed by atoms with E-state index in [1.165, 1.54) is 0 Å². The van der Waals surface area contributed by atoms with Gasteiger partial charge in [-0.25, -0.2) is 4.79 Å². The second-order valence-corrected chi connectivity index (χ2v) is 5.92. The maximum atomic E-state index is 12.0. The van der Waals surface area contributed by atoms with Gasteiger partial charge in [-0.3, -0.25) is 10.1 Å². The number of benzene rings is 2. The molecule has 2 N–H and O–H groups in total. The topological polar surface area (TPSA) is 67.4 Å². The molecule has 0 radical (unpaired) electrons. The lowest BCUT2D eigenvalue weighted by Gasteiger charge is -2.21. The van der Waals surface area contributed by atoms with Crippen LogP contribution in [0.2, 0.25) is 5.02 Å². The van der Waals surface area contributed by atoms with E-state index in [4.69, 9.17) is 16.3 Å². The Balaban J connectivity index is 1.78. The van der Waals surface area contributed by atoms with Crippen molar-refractivity contribution in [2.24, 2.45) is 0 Å². The largest absolute Gasteiger partial charge is 0.489 e. The number of rotatable bonds is 4. The van der Waals surface area contributed by atoms with E-state index in [1.807, 2.05) is 18.2 Å². The smallest absolute Gasteiger partial charge is 0.322 e. The average Bonchev–Trinajstić information content (AvgIpc) is 2.79. The molecule has 1 saturated heterocycles. The van der Waals surface area contributed by atoms with Crippen LogP contribution in [-0.4, -0.2) is 11.9 Å². The van der Waals surface area contributed by atoms with Crippen LogP contribution in [0, 0.1) is 0 Å². The van der Waals surface area contributed by atoms with Crippen LogP contribution in [-0.2, 0) is 16.9 Å². The third-order valence-electron chi connectivity index (χ3n) is 3.75. The van der Waals surface area contributed by atoms with E-state index in [0.717, 1.165) is 5.56 Å². The van der Waals surface area contributed by atoms with Gasteiger partial charge in [0.25, 0.3) is 5.91 Å². The van der Waals surface area contributed by atoms with Crippen molar-refractivity contribution in [1.82, 2.24) is 10.6 Å². The van der Waals surface area contributed by atoms with Gasteiger partial charge in [0, 0.05) is 5.02 Å². The number of urea groups is 1. The highest BCUT2D eigenvalue weighted by Gasteiger charge is 2.43. The Kier molecular flexibility index (Phi) is 3.96. The third kappa shape index (κ3) is 3.14. The van der Waals surface area contributed by atoms with Crippen molar-refractivity contribution in [2.45, 2.75) is 19.1 Å². The van der Waals surface area contributed by atoms with Crippen LogP contribution in [0.5, 0.6) is 5.75 Å². The van der Waals surface area contributed by atoms with Crippen LogP contribution in [0.1, 0.15) is 18.1 Å². The molecule has 1 aliphatic rings. The lowest BCUT2D eigenvalue weighted by molar-refractivity contribution is -0.123. The monoisotopic (exact) mass is 330 g/mol. The first kappa shape index (κ1) is 15.4. The van der Waals surface area contributed by atoms with Gasteiger partial charge in [-0.05, 0) is 42.3 Å². The maximum Gasteiger partial charge on any atom is 0.322 e.